The zero-order valence-electron chi connectivity index (χ0n) is 6.48. The van der Waals surface area contributed by atoms with Crippen LogP contribution in [0.5, 0.6) is 0 Å². The van der Waals surface area contributed by atoms with E-state index in [2.05, 4.69) is 42.4 Å². The third-order valence-electron chi connectivity index (χ3n) is 0.868. The first-order valence-corrected chi connectivity index (χ1v) is 5.12. The molecule has 0 aliphatic carbocycles. The molecule has 10 heavy (non-hydrogen) atoms. The van der Waals surface area contributed by atoms with Crippen molar-refractivity contribution in [2.45, 2.75) is 13.8 Å². The standard InChI is InChI=1S/C8H13BrS/c1-7(2)4-5-10-6-8(3)9/h4H,3,5-6H2,1-2H3. The Morgan fingerprint density at radius 1 is 1.60 bits per heavy atom. The van der Waals surface area contributed by atoms with Crippen LogP contribution in [0.25, 0.3) is 0 Å². The van der Waals surface area contributed by atoms with Gasteiger partial charge in [-0.1, -0.05) is 34.2 Å². The first-order valence-electron chi connectivity index (χ1n) is 3.17. The van der Waals surface area contributed by atoms with E-state index >= 15 is 0 Å². The van der Waals surface area contributed by atoms with Gasteiger partial charge >= 0.3 is 0 Å². The minimum atomic E-state index is 1.00. The van der Waals surface area contributed by atoms with Gasteiger partial charge in [0.15, 0.2) is 0 Å². The predicted molar refractivity (Wildman–Crippen MR) is 54.8 cm³/mol. The molecule has 0 fully saturated rings. The lowest BCUT2D eigenvalue weighted by molar-refractivity contribution is 1.37. The maximum absolute atomic E-state index is 3.75. The predicted octanol–water partition coefficient (Wildman–Crippen LogP) is 3.59. The number of thioether (sulfide) groups is 1. The maximum Gasteiger partial charge on any atom is 0.0248 e. The second kappa shape index (κ2) is 6.05. The van der Waals surface area contributed by atoms with Crippen LogP contribution in [0, 0.1) is 0 Å². The summed E-state index contributed by atoms with van der Waals surface area (Å²) in [5, 5.41) is 0. The first-order chi connectivity index (χ1) is 4.63. The quantitative estimate of drug-likeness (QED) is 0.516. The van der Waals surface area contributed by atoms with E-state index in [4.69, 9.17) is 0 Å². The molecule has 0 aliphatic heterocycles. The van der Waals surface area contributed by atoms with Crippen LogP contribution in [0.4, 0.5) is 0 Å². The van der Waals surface area contributed by atoms with E-state index in [9.17, 15) is 0 Å². The maximum atomic E-state index is 3.75. The van der Waals surface area contributed by atoms with Gasteiger partial charge in [-0.3, -0.25) is 0 Å². The van der Waals surface area contributed by atoms with E-state index in [-0.39, 0.29) is 0 Å². The Hall–Kier alpha value is 0.310. The summed E-state index contributed by atoms with van der Waals surface area (Å²) in [5.74, 6) is 2.09. The van der Waals surface area contributed by atoms with Crippen molar-refractivity contribution in [1.29, 1.82) is 0 Å². The van der Waals surface area contributed by atoms with Crippen LogP contribution in [-0.4, -0.2) is 11.5 Å². The summed E-state index contributed by atoms with van der Waals surface area (Å²) in [7, 11) is 0. The number of allylic oxidation sites excluding steroid dienone is 1. The number of hydrogen-bond donors (Lipinski definition) is 0. The van der Waals surface area contributed by atoms with Crippen LogP contribution in [0.1, 0.15) is 13.8 Å². The fourth-order valence-corrected chi connectivity index (χ4v) is 1.67. The molecule has 0 saturated carbocycles. The Balaban J connectivity index is 3.21. The van der Waals surface area contributed by atoms with E-state index in [1.54, 1.807) is 0 Å². The second-order valence-corrected chi connectivity index (χ2v) is 4.47. The van der Waals surface area contributed by atoms with Gasteiger partial charge in [-0.2, -0.15) is 11.8 Å². The van der Waals surface area contributed by atoms with Crippen LogP contribution in [0.15, 0.2) is 22.7 Å². The van der Waals surface area contributed by atoms with Gasteiger partial charge in [0.05, 0.1) is 0 Å². The van der Waals surface area contributed by atoms with Crippen molar-refractivity contribution in [1.82, 2.24) is 0 Å². The highest BCUT2D eigenvalue weighted by Gasteiger charge is 1.86. The number of halogens is 1. The molecule has 0 radical (unpaired) electrons. The molecule has 2 heteroatoms. The minimum Gasteiger partial charge on any atom is -0.153 e. The molecule has 0 unspecified atom stereocenters. The van der Waals surface area contributed by atoms with Gasteiger partial charge in [-0.15, -0.1) is 0 Å². The Labute approximate surface area is 75.9 Å². The molecule has 0 atom stereocenters. The van der Waals surface area contributed by atoms with Crippen molar-refractivity contribution in [3.63, 3.8) is 0 Å². The second-order valence-electron chi connectivity index (χ2n) is 2.31. The molecular formula is C8H13BrS. The first kappa shape index (κ1) is 10.3. The molecule has 0 amide bonds. The van der Waals surface area contributed by atoms with E-state index in [1.807, 2.05) is 11.8 Å². The fraction of sp³-hybridized carbons (Fsp3) is 0.500. The lowest BCUT2D eigenvalue weighted by Gasteiger charge is -1.94. The molecule has 0 aromatic carbocycles. The average Bonchev–Trinajstić information content (AvgIpc) is 1.79. The highest BCUT2D eigenvalue weighted by Crippen LogP contribution is 2.11. The zero-order chi connectivity index (χ0) is 7.98. The summed E-state index contributed by atoms with van der Waals surface area (Å²) in [6.07, 6.45) is 2.22. The van der Waals surface area contributed by atoms with Gasteiger partial charge in [-0.05, 0) is 18.3 Å². The van der Waals surface area contributed by atoms with Crippen molar-refractivity contribution in [2.75, 3.05) is 11.5 Å². The van der Waals surface area contributed by atoms with Crippen LogP contribution in [-0.2, 0) is 0 Å². The van der Waals surface area contributed by atoms with Gasteiger partial charge < -0.3 is 0 Å². The van der Waals surface area contributed by atoms with Gasteiger partial charge in [0.1, 0.15) is 0 Å². The van der Waals surface area contributed by atoms with Crippen LogP contribution in [0.3, 0.4) is 0 Å². The van der Waals surface area contributed by atoms with Gasteiger partial charge in [-0.25, -0.2) is 0 Å². The van der Waals surface area contributed by atoms with Gasteiger partial charge in [0, 0.05) is 11.5 Å². The van der Waals surface area contributed by atoms with Crippen LogP contribution >= 0.6 is 27.7 Å². The molecule has 0 nitrogen and oxygen atoms in total. The SMILES string of the molecule is C=C(Br)CSCC=C(C)C. The number of rotatable bonds is 4. The lowest BCUT2D eigenvalue weighted by Crippen LogP contribution is -1.78. The Kier molecular flexibility index (Phi) is 6.24. The Morgan fingerprint density at radius 3 is 2.60 bits per heavy atom. The largest absolute Gasteiger partial charge is 0.153 e. The van der Waals surface area contributed by atoms with Crippen LogP contribution < -0.4 is 0 Å². The molecular weight excluding hydrogens is 208 g/mol. The normalized spacial score (nSPS) is 9.10. The smallest absolute Gasteiger partial charge is 0.0248 e. The minimum absolute atomic E-state index is 1.00. The van der Waals surface area contributed by atoms with E-state index in [0.29, 0.717) is 0 Å². The highest BCUT2D eigenvalue weighted by atomic mass is 79.9. The fourth-order valence-electron chi connectivity index (χ4n) is 0.395. The monoisotopic (exact) mass is 220 g/mol. The molecule has 0 N–H and O–H groups in total. The average molecular weight is 221 g/mol. The molecule has 0 aromatic heterocycles. The molecule has 58 valence electrons. The molecule has 0 bridgehead atoms. The van der Waals surface area contributed by atoms with Gasteiger partial charge in [0.2, 0.25) is 0 Å². The summed E-state index contributed by atoms with van der Waals surface area (Å²) >= 11 is 5.17. The summed E-state index contributed by atoms with van der Waals surface area (Å²) in [6, 6.07) is 0. The molecule has 0 heterocycles. The van der Waals surface area contributed by atoms with Crippen molar-refractivity contribution in [2.24, 2.45) is 0 Å². The third-order valence-corrected chi connectivity index (χ3v) is 2.47. The van der Waals surface area contributed by atoms with E-state index < -0.39 is 0 Å². The van der Waals surface area contributed by atoms with Crippen LogP contribution in [0.2, 0.25) is 0 Å². The van der Waals surface area contributed by atoms with E-state index in [1.165, 1.54) is 5.57 Å². The lowest BCUT2D eigenvalue weighted by atomic mass is 10.3. The zero-order valence-corrected chi connectivity index (χ0v) is 8.89. The Bertz CT molecular complexity index is 134. The summed E-state index contributed by atoms with van der Waals surface area (Å²) in [6.45, 7) is 7.98. The highest BCUT2D eigenvalue weighted by molar-refractivity contribution is 9.11. The number of hydrogen-bond acceptors (Lipinski definition) is 1. The van der Waals surface area contributed by atoms with Crippen molar-refractivity contribution in [3.05, 3.63) is 22.7 Å². The summed E-state index contributed by atoms with van der Waals surface area (Å²) in [4.78, 5) is 0. The molecule has 0 spiro atoms. The third kappa shape index (κ3) is 8.31. The van der Waals surface area contributed by atoms with Crippen molar-refractivity contribution in [3.8, 4) is 0 Å². The molecule has 0 aromatic rings. The molecule has 0 rings (SSSR count). The van der Waals surface area contributed by atoms with Crippen molar-refractivity contribution < 1.29 is 0 Å². The summed E-state index contributed by atoms with van der Waals surface area (Å²) < 4.78 is 1.07. The van der Waals surface area contributed by atoms with E-state index in [0.717, 1.165) is 16.0 Å². The topological polar surface area (TPSA) is 0 Å². The molecule has 0 saturated heterocycles. The molecule has 0 aliphatic rings. The Morgan fingerprint density at radius 2 is 2.20 bits per heavy atom. The summed E-state index contributed by atoms with van der Waals surface area (Å²) in [5.41, 5.74) is 1.38. The van der Waals surface area contributed by atoms with Gasteiger partial charge in [0.25, 0.3) is 0 Å². The van der Waals surface area contributed by atoms with Crippen molar-refractivity contribution >= 4 is 27.7 Å².